The molecule has 2 aromatic carbocycles. The van der Waals surface area contributed by atoms with E-state index in [-0.39, 0.29) is 11.9 Å². The summed E-state index contributed by atoms with van der Waals surface area (Å²) < 4.78 is 0. The summed E-state index contributed by atoms with van der Waals surface area (Å²) in [5.41, 5.74) is 3.16. The van der Waals surface area contributed by atoms with Gasteiger partial charge in [0, 0.05) is 23.7 Å². The number of benzene rings is 2. The van der Waals surface area contributed by atoms with Crippen molar-refractivity contribution in [2.75, 3.05) is 24.2 Å². The first-order chi connectivity index (χ1) is 12.6. The van der Waals surface area contributed by atoms with Crippen LogP contribution in [0.15, 0.2) is 53.4 Å². The van der Waals surface area contributed by atoms with Crippen molar-refractivity contribution >= 4 is 23.4 Å². The van der Waals surface area contributed by atoms with Gasteiger partial charge < -0.3 is 10.2 Å². The molecule has 1 N–H and O–H groups in total. The van der Waals surface area contributed by atoms with Gasteiger partial charge in [0.2, 0.25) is 0 Å². The zero-order valence-electron chi connectivity index (χ0n) is 15.9. The Bertz CT molecular complexity index is 736. The first-order valence-electron chi connectivity index (χ1n) is 9.37. The van der Waals surface area contributed by atoms with E-state index in [0.29, 0.717) is 0 Å². The van der Waals surface area contributed by atoms with Crippen molar-refractivity contribution in [1.29, 1.82) is 0 Å². The van der Waals surface area contributed by atoms with Crippen LogP contribution in [0.25, 0.3) is 0 Å². The minimum absolute atomic E-state index is 0.0171. The zero-order valence-corrected chi connectivity index (χ0v) is 16.7. The second-order valence-electron chi connectivity index (χ2n) is 7.16. The van der Waals surface area contributed by atoms with E-state index in [2.05, 4.69) is 41.4 Å². The smallest absolute Gasteiger partial charge is 0.252 e. The Morgan fingerprint density at radius 1 is 1.12 bits per heavy atom. The maximum absolute atomic E-state index is 12.6. The monoisotopic (exact) mass is 368 g/mol. The molecule has 1 fully saturated rings. The zero-order chi connectivity index (χ0) is 18.5. The Morgan fingerprint density at radius 3 is 2.42 bits per heavy atom. The summed E-state index contributed by atoms with van der Waals surface area (Å²) in [4.78, 5) is 16.1. The van der Waals surface area contributed by atoms with Crippen molar-refractivity contribution in [1.82, 2.24) is 5.32 Å². The van der Waals surface area contributed by atoms with E-state index in [9.17, 15) is 4.79 Å². The molecule has 0 bridgehead atoms. The number of thioether (sulfide) groups is 1. The molecule has 1 aliphatic rings. The van der Waals surface area contributed by atoms with Crippen LogP contribution in [0, 0.1) is 5.92 Å². The van der Waals surface area contributed by atoms with Crippen molar-refractivity contribution in [3.05, 3.63) is 59.7 Å². The van der Waals surface area contributed by atoms with Crippen molar-refractivity contribution in [3.8, 4) is 0 Å². The summed E-state index contributed by atoms with van der Waals surface area (Å²) in [5.74, 6) is 0.821. The van der Waals surface area contributed by atoms with Crippen LogP contribution < -0.4 is 10.2 Å². The minimum atomic E-state index is -0.0205. The summed E-state index contributed by atoms with van der Waals surface area (Å²) in [6.45, 7) is 6.65. The Balaban J connectivity index is 1.64. The molecule has 3 nitrogen and oxygen atoms in total. The molecule has 1 heterocycles. The molecule has 4 heteroatoms. The van der Waals surface area contributed by atoms with E-state index in [0.717, 1.165) is 35.0 Å². The van der Waals surface area contributed by atoms with Crippen LogP contribution in [0.3, 0.4) is 0 Å². The molecule has 0 aromatic heterocycles. The third-order valence-corrected chi connectivity index (χ3v) is 6.04. The highest BCUT2D eigenvalue weighted by Gasteiger charge is 2.17. The van der Waals surface area contributed by atoms with Gasteiger partial charge in [-0.1, -0.05) is 31.2 Å². The average molecular weight is 369 g/mol. The van der Waals surface area contributed by atoms with Gasteiger partial charge in [0.25, 0.3) is 5.91 Å². The molecule has 0 radical (unpaired) electrons. The number of carbonyl (C=O) groups is 1. The number of anilines is 1. The summed E-state index contributed by atoms with van der Waals surface area (Å²) >= 11 is 1.60. The predicted octanol–water partition coefficient (Wildman–Crippen LogP) is 5.14. The molecule has 0 aliphatic carbocycles. The molecule has 1 unspecified atom stereocenters. The van der Waals surface area contributed by atoms with E-state index in [4.69, 9.17) is 0 Å². The Kier molecular flexibility index (Phi) is 6.25. The topological polar surface area (TPSA) is 32.3 Å². The summed E-state index contributed by atoms with van der Waals surface area (Å²) in [6.07, 6.45) is 4.53. The largest absolute Gasteiger partial charge is 0.372 e. The van der Waals surface area contributed by atoms with Crippen LogP contribution in [0.4, 0.5) is 5.69 Å². The fourth-order valence-corrected chi connectivity index (χ4v) is 4.03. The van der Waals surface area contributed by atoms with Gasteiger partial charge in [-0.25, -0.2) is 0 Å². The van der Waals surface area contributed by atoms with Crippen LogP contribution in [0.5, 0.6) is 0 Å². The summed E-state index contributed by atoms with van der Waals surface area (Å²) in [7, 11) is 0. The lowest BCUT2D eigenvalue weighted by Crippen LogP contribution is -2.32. The maximum atomic E-state index is 12.6. The van der Waals surface area contributed by atoms with Crippen molar-refractivity contribution in [2.24, 2.45) is 5.92 Å². The third kappa shape index (κ3) is 4.42. The highest BCUT2D eigenvalue weighted by Crippen LogP contribution is 2.25. The van der Waals surface area contributed by atoms with Crippen LogP contribution in [-0.2, 0) is 0 Å². The number of piperidine rings is 1. The van der Waals surface area contributed by atoms with Gasteiger partial charge in [-0.3, -0.25) is 4.79 Å². The van der Waals surface area contributed by atoms with Gasteiger partial charge in [0.05, 0.1) is 11.6 Å². The number of hydrogen-bond donors (Lipinski definition) is 1. The van der Waals surface area contributed by atoms with E-state index in [1.807, 2.05) is 37.4 Å². The van der Waals surface area contributed by atoms with E-state index in [1.165, 1.54) is 18.5 Å². The van der Waals surface area contributed by atoms with Gasteiger partial charge in [0.15, 0.2) is 0 Å². The fraction of sp³-hybridized carbons (Fsp3) is 0.409. The van der Waals surface area contributed by atoms with Gasteiger partial charge in [0.1, 0.15) is 0 Å². The fourth-order valence-electron chi connectivity index (χ4n) is 3.43. The van der Waals surface area contributed by atoms with Gasteiger partial charge >= 0.3 is 0 Å². The molecule has 2 aromatic rings. The lowest BCUT2D eigenvalue weighted by Gasteiger charge is -2.32. The highest BCUT2D eigenvalue weighted by atomic mass is 32.2. The van der Waals surface area contributed by atoms with E-state index in [1.54, 1.807) is 11.8 Å². The molecule has 26 heavy (non-hydrogen) atoms. The number of nitrogens with zero attached hydrogens (tertiary/aromatic N) is 1. The average Bonchev–Trinajstić information content (AvgIpc) is 2.68. The van der Waals surface area contributed by atoms with E-state index >= 15 is 0 Å². The van der Waals surface area contributed by atoms with Gasteiger partial charge in [-0.15, -0.1) is 11.8 Å². The quantitative estimate of drug-likeness (QED) is 0.742. The molecule has 1 amide bonds. The lowest BCUT2D eigenvalue weighted by molar-refractivity contribution is 0.0937. The van der Waals surface area contributed by atoms with Crippen molar-refractivity contribution in [3.63, 3.8) is 0 Å². The predicted molar refractivity (Wildman–Crippen MR) is 111 cm³/mol. The first-order valence-corrected chi connectivity index (χ1v) is 10.6. The van der Waals surface area contributed by atoms with Crippen LogP contribution in [0.1, 0.15) is 48.7 Å². The number of amides is 1. The van der Waals surface area contributed by atoms with Crippen LogP contribution in [0.2, 0.25) is 0 Å². The number of hydrogen-bond acceptors (Lipinski definition) is 3. The number of carbonyl (C=O) groups excluding carboxylic acids is 1. The second-order valence-corrected chi connectivity index (χ2v) is 8.00. The Morgan fingerprint density at radius 2 is 1.77 bits per heavy atom. The molecule has 1 saturated heterocycles. The minimum Gasteiger partial charge on any atom is -0.372 e. The van der Waals surface area contributed by atoms with Gasteiger partial charge in [-0.05, 0) is 61.8 Å². The third-order valence-electron chi connectivity index (χ3n) is 5.24. The molecule has 1 aliphatic heterocycles. The van der Waals surface area contributed by atoms with E-state index < -0.39 is 0 Å². The molecule has 1 atom stereocenters. The summed E-state index contributed by atoms with van der Waals surface area (Å²) in [5, 5.41) is 3.13. The first kappa shape index (κ1) is 18.8. The van der Waals surface area contributed by atoms with Gasteiger partial charge in [-0.2, -0.15) is 0 Å². The Labute approximate surface area is 161 Å². The lowest BCUT2D eigenvalue weighted by atomic mass is 9.98. The standard InChI is InChI=1S/C22H28N2OS/c1-16-12-14-24(15-13-16)19-10-8-18(9-11-19)17(2)23-22(25)20-6-4-5-7-21(20)26-3/h4-11,16-17H,12-15H2,1-3H3,(H,23,25). The Hall–Kier alpha value is -1.94. The van der Waals surface area contributed by atoms with Crippen molar-refractivity contribution < 1.29 is 4.79 Å². The number of nitrogens with one attached hydrogen (secondary N) is 1. The van der Waals surface area contributed by atoms with Crippen LogP contribution >= 0.6 is 11.8 Å². The molecule has 3 rings (SSSR count). The highest BCUT2D eigenvalue weighted by molar-refractivity contribution is 7.98. The normalized spacial score (nSPS) is 16.3. The summed E-state index contributed by atoms with van der Waals surface area (Å²) in [6, 6.07) is 16.4. The molecular formula is C22H28N2OS. The second kappa shape index (κ2) is 8.63. The van der Waals surface area contributed by atoms with Crippen molar-refractivity contribution in [2.45, 2.75) is 37.6 Å². The molecule has 0 spiro atoms. The molecule has 138 valence electrons. The molecular weight excluding hydrogens is 340 g/mol. The number of rotatable bonds is 5. The van der Waals surface area contributed by atoms with Crippen LogP contribution in [-0.4, -0.2) is 25.3 Å². The molecule has 0 saturated carbocycles. The SMILES string of the molecule is CSc1ccccc1C(=O)NC(C)c1ccc(N2CCC(C)CC2)cc1. The maximum Gasteiger partial charge on any atom is 0.252 e.